The van der Waals surface area contributed by atoms with Gasteiger partial charge in [0.05, 0.1) is 29.4 Å². The Morgan fingerprint density at radius 2 is 1.62 bits per heavy atom. The summed E-state index contributed by atoms with van der Waals surface area (Å²) in [6.07, 6.45) is 0. The van der Waals surface area contributed by atoms with Gasteiger partial charge in [-0.25, -0.2) is 18.6 Å². The van der Waals surface area contributed by atoms with Crippen LogP contribution in [0.3, 0.4) is 0 Å². The van der Waals surface area contributed by atoms with Crippen molar-refractivity contribution in [2.75, 3.05) is 0 Å². The summed E-state index contributed by atoms with van der Waals surface area (Å²) in [6, 6.07) is 19.1. The van der Waals surface area contributed by atoms with E-state index in [-0.39, 0.29) is 23.4 Å². The van der Waals surface area contributed by atoms with Crippen LogP contribution in [0.25, 0.3) is 21.8 Å². The SMILES string of the molecule is Cc1c(-c2csc(-c3ccccc3Cl)n2)c(=O)n(C[C@H](N)c2ccccc2)c(=O)n1Cc1c(F)cccc1F. The van der Waals surface area contributed by atoms with Crippen LogP contribution in [0.1, 0.15) is 22.9 Å². The minimum Gasteiger partial charge on any atom is -0.322 e. The fourth-order valence-corrected chi connectivity index (χ4v) is 5.56. The average Bonchev–Trinajstić information content (AvgIpc) is 3.40. The number of hydrogen-bond acceptors (Lipinski definition) is 5. The highest BCUT2D eigenvalue weighted by Crippen LogP contribution is 2.33. The molecule has 0 aliphatic carbocycles. The highest BCUT2D eigenvalue weighted by Gasteiger charge is 2.23. The smallest absolute Gasteiger partial charge is 0.322 e. The van der Waals surface area contributed by atoms with Crippen LogP contribution in [0.4, 0.5) is 8.78 Å². The summed E-state index contributed by atoms with van der Waals surface area (Å²) in [7, 11) is 0. The van der Waals surface area contributed by atoms with Crippen LogP contribution in [-0.4, -0.2) is 14.1 Å². The summed E-state index contributed by atoms with van der Waals surface area (Å²) in [4.78, 5) is 32.1. The molecule has 198 valence electrons. The molecule has 2 heterocycles. The molecule has 6 nitrogen and oxygen atoms in total. The van der Waals surface area contributed by atoms with Gasteiger partial charge < -0.3 is 5.73 Å². The number of thiazole rings is 1. The van der Waals surface area contributed by atoms with Gasteiger partial charge in [-0.2, -0.15) is 0 Å². The molecule has 39 heavy (non-hydrogen) atoms. The van der Waals surface area contributed by atoms with Crippen LogP contribution < -0.4 is 17.0 Å². The van der Waals surface area contributed by atoms with E-state index in [0.29, 0.717) is 21.3 Å². The lowest BCUT2D eigenvalue weighted by atomic mass is 10.1. The Hall–Kier alpha value is -3.92. The second-order valence-electron chi connectivity index (χ2n) is 8.98. The normalized spacial score (nSPS) is 12.0. The Labute approximate surface area is 231 Å². The van der Waals surface area contributed by atoms with Gasteiger partial charge in [0.15, 0.2) is 0 Å². The molecule has 1 atom stereocenters. The molecule has 0 bridgehead atoms. The lowest BCUT2D eigenvalue weighted by Crippen LogP contribution is -2.44. The number of rotatable bonds is 7. The molecule has 2 N–H and O–H groups in total. The van der Waals surface area contributed by atoms with Crippen LogP contribution in [0.2, 0.25) is 5.02 Å². The first-order valence-corrected chi connectivity index (χ1v) is 13.3. The minimum absolute atomic E-state index is 0.140. The van der Waals surface area contributed by atoms with Gasteiger partial charge >= 0.3 is 5.69 Å². The van der Waals surface area contributed by atoms with Crippen molar-refractivity contribution in [3.8, 4) is 21.8 Å². The van der Waals surface area contributed by atoms with E-state index in [0.717, 1.165) is 22.3 Å². The summed E-state index contributed by atoms with van der Waals surface area (Å²) in [6.45, 7) is 1.00. The second kappa shape index (κ2) is 11.1. The first-order valence-electron chi connectivity index (χ1n) is 12.0. The van der Waals surface area contributed by atoms with Crippen molar-refractivity contribution in [3.63, 3.8) is 0 Å². The average molecular weight is 565 g/mol. The molecular formula is C29H23ClF2N4O2S. The molecule has 0 aliphatic heterocycles. The first-order chi connectivity index (χ1) is 18.8. The fourth-order valence-electron chi connectivity index (χ4n) is 4.43. The maximum Gasteiger partial charge on any atom is 0.331 e. The quantitative estimate of drug-likeness (QED) is 0.271. The highest BCUT2D eigenvalue weighted by molar-refractivity contribution is 7.13. The van der Waals surface area contributed by atoms with E-state index in [1.165, 1.54) is 22.0 Å². The van der Waals surface area contributed by atoms with Crippen molar-refractivity contribution in [2.45, 2.75) is 26.1 Å². The molecule has 0 fully saturated rings. The largest absolute Gasteiger partial charge is 0.331 e. The van der Waals surface area contributed by atoms with Crippen molar-refractivity contribution < 1.29 is 8.78 Å². The van der Waals surface area contributed by atoms with Crippen molar-refractivity contribution in [3.05, 3.63) is 132 Å². The fraction of sp³-hybridized carbons (Fsp3) is 0.138. The molecular weight excluding hydrogens is 542 g/mol. The molecule has 0 amide bonds. The van der Waals surface area contributed by atoms with Crippen molar-refractivity contribution >= 4 is 22.9 Å². The summed E-state index contributed by atoms with van der Waals surface area (Å²) in [5.74, 6) is -1.59. The maximum atomic E-state index is 14.6. The topological polar surface area (TPSA) is 82.9 Å². The van der Waals surface area contributed by atoms with Gasteiger partial charge in [-0.05, 0) is 30.7 Å². The van der Waals surface area contributed by atoms with E-state index in [2.05, 4.69) is 4.98 Å². The Morgan fingerprint density at radius 1 is 0.949 bits per heavy atom. The predicted octanol–water partition coefficient (Wildman–Crippen LogP) is 5.79. The highest BCUT2D eigenvalue weighted by atomic mass is 35.5. The Balaban J connectivity index is 1.69. The molecule has 10 heteroatoms. The zero-order valence-corrected chi connectivity index (χ0v) is 22.3. The van der Waals surface area contributed by atoms with E-state index in [4.69, 9.17) is 17.3 Å². The van der Waals surface area contributed by atoms with Crippen LogP contribution in [0, 0.1) is 18.6 Å². The maximum absolute atomic E-state index is 14.6. The molecule has 0 saturated carbocycles. The summed E-state index contributed by atoms with van der Waals surface area (Å²) in [5.41, 5.74) is 6.89. The number of nitrogens with zero attached hydrogens (tertiary/aromatic N) is 3. The Bertz CT molecular complexity index is 1760. The first kappa shape index (κ1) is 26.7. The van der Waals surface area contributed by atoms with Gasteiger partial charge in [0.1, 0.15) is 16.6 Å². The third-order valence-electron chi connectivity index (χ3n) is 6.54. The van der Waals surface area contributed by atoms with Gasteiger partial charge in [0.25, 0.3) is 5.56 Å². The molecule has 0 saturated heterocycles. The van der Waals surface area contributed by atoms with Gasteiger partial charge in [0, 0.05) is 28.2 Å². The van der Waals surface area contributed by atoms with E-state index in [1.54, 1.807) is 36.6 Å². The van der Waals surface area contributed by atoms with Gasteiger partial charge in [-0.1, -0.05) is 66.2 Å². The van der Waals surface area contributed by atoms with E-state index in [9.17, 15) is 18.4 Å². The predicted molar refractivity (Wildman–Crippen MR) is 150 cm³/mol. The van der Waals surface area contributed by atoms with Crippen LogP contribution in [0.15, 0.2) is 87.8 Å². The van der Waals surface area contributed by atoms with Crippen molar-refractivity contribution in [2.24, 2.45) is 5.73 Å². The Morgan fingerprint density at radius 3 is 2.31 bits per heavy atom. The third-order valence-corrected chi connectivity index (χ3v) is 7.74. The van der Waals surface area contributed by atoms with Crippen LogP contribution >= 0.6 is 22.9 Å². The molecule has 0 unspecified atom stereocenters. The lowest BCUT2D eigenvalue weighted by Gasteiger charge is -2.19. The summed E-state index contributed by atoms with van der Waals surface area (Å²) < 4.78 is 31.4. The van der Waals surface area contributed by atoms with Crippen LogP contribution in [0.5, 0.6) is 0 Å². The van der Waals surface area contributed by atoms with E-state index < -0.39 is 35.5 Å². The molecule has 5 aromatic rings. The van der Waals surface area contributed by atoms with Gasteiger partial charge in [-0.3, -0.25) is 13.9 Å². The lowest BCUT2D eigenvalue weighted by molar-refractivity contribution is 0.493. The monoisotopic (exact) mass is 564 g/mol. The Kier molecular flexibility index (Phi) is 7.56. The molecule has 5 rings (SSSR count). The molecule has 0 spiro atoms. The minimum atomic E-state index is -0.795. The van der Waals surface area contributed by atoms with Gasteiger partial charge in [-0.15, -0.1) is 11.3 Å². The third kappa shape index (κ3) is 5.21. The number of hydrogen-bond donors (Lipinski definition) is 1. The van der Waals surface area contributed by atoms with E-state index >= 15 is 0 Å². The zero-order valence-electron chi connectivity index (χ0n) is 20.8. The standard InChI is InChI=1S/C29H23ClF2N4O2S/c1-17-26(25-16-39-27(34-25)19-10-5-6-11-21(19)30)28(37)36(15-24(33)18-8-3-2-4-9-18)29(38)35(17)14-20-22(31)12-7-13-23(20)32/h2-13,16,24H,14-15,33H2,1H3/t24-/m0/s1. The second-order valence-corrected chi connectivity index (χ2v) is 10.2. The molecule has 3 aromatic carbocycles. The molecule has 0 aliphatic rings. The molecule has 2 aromatic heterocycles. The van der Waals surface area contributed by atoms with E-state index in [1.807, 2.05) is 30.3 Å². The van der Waals surface area contributed by atoms with Crippen molar-refractivity contribution in [1.29, 1.82) is 0 Å². The van der Waals surface area contributed by atoms with Crippen LogP contribution in [-0.2, 0) is 13.1 Å². The zero-order chi connectivity index (χ0) is 27.7. The number of halogens is 3. The van der Waals surface area contributed by atoms with Gasteiger partial charge in [0.2, 0.25) is 0 Å². The molecule has 0 radical (unpaired) electrons. The number of benzene rings is 3. The van der Waals surface area contributed by atoms with Crippen molar-refractivity contribution in [1.82, 2.24) is 14.1 Å². The number of aromatic nitrogens is 3. The summed E-state index contributed by atoms with van der Waals surface area (Å²) >= 11 is 7.64. The summed E-state index contributed by atoms with van der Waals surface area (Å²) in [5, 5.41) is 2.78. The number of nitrogens with two attached hydrogens (primary N) is 1.